The van der Waals surface area contributed by atoms with Gasteiger partial charge in [-0.1, -0.05) is 0 Å². The van der Waals surface area contributed by atoms with Crippen LogP contribution >= 0.6 is 0 Å². The van der Waals surface area contributed by atoms with Gasteiger partial charge in [0.2, 0.25) is 0 Å². The van der Waals surface area contributed by atoms with Crippen LogP contribution < -0.4 is 0 Å². The first-order valence-corrected chi connectivity index (χ1v) is 4.98. The minimum Gasteiger partial charge on any atom is -0.289 e. The molecule has 0 spiro atoms. The van der Waals surface area contributed by atoms with Gasteiger partial charge in [-0.2, -0.15) is 16.8 Å². The fourth-order valence-electron chi connectivity index (χ4n) is 0.0886. The molecule has 58 valence electrons. The summed E-state index contributed by atoms with van der Waals surface area (Å²) in [6.07, 6.45) is 0.587. The third-order valence-corrected chi connectivity index (χ3v) is 2.94. The van der Waals surface area contributed by atoms with Gasteiger partial charge in [-0.05, 0) is 0 Å². The van der Waals surface area contributed by atoms with E-state index in [1.165, 1.54) is 0 Å². The van der Waals surface area contributed by atoms with E-state index < -0.39 is 18.3 Å². The summed E-state index contributed by atoms with van der Waals surface area (Å²) in [6, 6.07) is 0. The zero-order valence-electron chi connectivity index (χ0n) is 4.25. The molecule has 0 fully saturated rings. The Morgan fingerprint density at radius 2 is 1.70 bits per heavy atom. The van der Waals surface area contributed by atoms with Gasteiger partial charge < -0.3 is 0 Å². The van der Waals surface area contributed by atoms with Crippen molar-refractivity contribution >= 4 is 18.3 Å². The predicted molar refractivity (Wildman–Crippen MR) is 27.2 cm³/mol. The van der Waals surface area contributed by atoms with Crippen LogP contribution in [0.15, 0.2) is 0 Å². The fourth-order valence-corrected chi connectivity index (χ4v) is 0.615. The van der Waals surface area contributed by atoms with E-state index in [0.29, 0.717) is 6.26 Å². The molecule has 0 aromatic carbocycles. The first kappa shape index (κ1) is 9.15. The number of hydrogen-bond acceptors (Lipinski definition) is 6. The Morgan fingerprint density at radius 3 is 1.80 bits per heavy atom. The SMILES string of the molecule is N#COS(=O)(=O)S(=O)(=O)O. The second-order valence-corrected chi connectivity index (χ2v) is 5.34. The summed E-state index contributed by atoms with van der Waals surface area (Å²) in [5.74, 6) is 0. The lowest BCUT2D eigenvalue weighted by Gasteiger charge is -1.90. The monoisotopic (exact) mass is 187 g/mol. The minimum absolute atomic E-state index is 0.587. The van der Waals surface area contributed by atoms with Crippen LogP contribution in [0.25, 0.3) is 0 Å². The van der Waals surface area contributed by atoms with E-state index in [1.54, 1.807) is 0 Å². The van der Waals surface area contributed by atoms with E-state index in [-0.39, 0.29) is 0 Å². The Balaban J connectivity index is 5.04. The molecule has 0 atom stereocenters. The van der Waals surface area contributed by atoms with Crippen molar-refractivity contribution < 1.29 is 25.6 Å². The Hall–Kier alpha value is -0.850. The smallest absolute Gasteiger partial charge is 0.289 e. The fraction of sp³-hybridized carbons (Fsp3) is 0. The van der Waals surface area contributed by atoms with Crippen molar-refractivity contribution in [3.63, 3.8) is 0 Å². The summed E-state index contributed by atoms with van der Waals surface area (Å²) in [5, 5.41) is 7.54. The molecule has 0 heterocycles. The summed E-state index contributed by atoms with van der Waals surface area (Å²) in [7, 11) is -10.5. The molecule has 9 heteroatoms. The van der Waals surface area contributed by atoms with Crippen molar-refractivity contribution in [3.05, 3.63) is 0 Å². The highest BCUT2D eigenvalue weighted by Gasteiger charge is 2.29. The average Bonchev–Trinajstić information content (AvgIpc) is 1.61. The molecular weight excluding hydrogens is 186 g/mol. The third kappa shape index (κ3) is 1.83. The van der Waals surface area contributed by atoms with E-state index >= 15 is 0 Å². The normalized spacial score (nSPS) is 12.0. The summed E-state index contributed by atoms with van der Waals surface area (Å²) in [5.41, 5.74) is 0. The van der Waals surface area contributed by atoms with Gasteiger partial charge in [0.25, 0.3) is 0 Å². The van der Waals surface area contributed by atoms with Crippen LogP contribution in [0.3, 0.4) is 0 Å². The molecule has 0 saturated carbocycles. The lowest BCUT2D eigenvalue weighted by Crippen LogP contribution is -2.14. The Morgan fingerprint density at radius 1 is 1.30 bits per heavy atom. The molecule has 0 radical (unpaired) electrons. The van der Waals surface area contributed by atoms with Crippen molar-refractivity contribution in [1.29, 1.82) is 5.26 Å². The van der Waals surface area contributed by atoms with Crippen molar-refractivity contribution in [2.75, 3.05) is 0 Å². The molecule has 10 heavy (non-hydrogen) atoms. The van der Waals surface area contributed by atoms with Gasteiger partial charge in [0, 0.05) is 0 Å². The summed E-state index contributed by atoms with van der Waals surface area (Å²) < 4.78 is 50.2. The number of rotatable bonds is 2. The third-order valence-electron chi connectivity index (χ3n) is 0.397. The minimum atomic E-state index is -5.34. The van der Waals surface area contributed by atoms with Gasteiger partial charge in [-0.25, -0.2) is 0 Å². The summed E-state index contributed by atoms with van der Waals surface area (Å²) >= 11 is 0. The summed E-state index contributed by atoms with van der Waals surface area (Å²) in [6.45, 7) is 0. The Bertz CT molecular complexity index is 340. The second-order valence-electron chi connectivity index (χ2n) is 1.01. The topological polar surface area (TPSA) is 122 Å². The zero-order chi connectivity index (χ0) is 8.41. The molecule has 1 N–H and O–H groups in total. The number of hydrogen-bond donors (Lipinski definition) is 1. The van der Waals surface area contributed by atoms with Crippen LogP contribution in [-0.2, 0) is 22.5 Å². The molecule has 0 bridgehead atoms. The van der Waals surface area contributed by atoms with Crippen LogP contribution in [0, 0.1) is 11.5 Å². The van der Waals surface area contributed by atoms with Gasteiger partial charge in [-0.15, -0.1) is 5.26 Å². The van der Waals surface area contributed by atoms with Gasteiger partial charge in [0.15, 0.2) is 0 Å². The molecule has 0 aliphatic carbocycles. The quantitative estimate of drug-likeness (QED) is 0.321. The van der Waals surface area contributed by atoms with E-state index in [4.69, 9.17) is 9.81 Å². The molecule has 0 aromatic heterocycles. The molecule has 0 rings (SSSR count). The Kier molecular flexibility index (Phi) is 2.20. The Labute approximate surface area is 56.1 Å². The van der Waals surface area contributed by atoms with E-state index in [9.17, 15) is 16.8 Å². The largest absolute Gasteiger partial charge is 0.453 e. The molecule has 7 nitrogen and oxygen atoms in total. The van der Waals surface area contributed by atoms with Crippen molar-refractivity contribution in [2.24, 2.45) is 0 Å². The predicted octanol–water partition coefficient (Wildman–Crippen LogP) is -1.38. The molecule has 0 aromatic rings. The second kappa shape index (κ2) is 2.41. The first-order chi connectivity index (χ1) is 4.31. The van der Waals surface area contributed by atoms with Crippen LogP contribution in [0.2, 0.25) is 0 Å². The van der Waals surface area contributed by atoms with Crippen LogP contribution in [0.1, 0.15) is 0 Å². The van der Waals surface area contributed by atoms with Crippen molar-refractivity contribution in [3.8, 4) is 6.26 Å². The maximum atomic E-state index is 9.97. The lowest BCUT2D eigenvalue weighted by molar-refractivity contribution is 0.447. The van der Waals surface area contributed by atoms with E-state index in [1.807, 2.05) is 0 Å². The molecular formula is CHNO6S2. The van der Waals surface area contributed by atoms with Gasteiger partial charge in [0.05, 0.1) is 0 Å². The van der Waals surface area contributed by atoms with E-state index in [0.717, 1.165) is 0 Å². The van der Waals surface area contributed by atoms with Crippen molar-refractivity contribution in [1.82, 2.24) is 0 Å². The maximum Gasteiger partial charge on any atom is 0.453 e. The van der Waals surface area contributed by atoms with Crippen LogP contribution in [0.5, 0.6) is 0 Å². The highest BCUT2D eigenvalue weighted by Crippen LogP contribution is 1.99. The van der Waals surface area contributed by atoms with Crippen LogP contribution in [-0.4, -0.2) is 21.4 Å². The van der Waals surface area contributed by atoms with Gasteiger partial charge in [-0.3, -0.25) is 8.74 Å². The maximum absolute atomic E-state index is 9.97. The summed E-state index contributed by atoms with van der Waals surface area (Å²) in [4.78, 5) is 0. The van der Waals surface area contributed by atoms with Crippen molar-refractivity contribution in [2.45, 2.75) is 0 Å². The molecule has 0 aliphatic rings. The highest BCUT2D eigenvalue weighted by molar-refractivity contribution is 8.63. The molecule has 0 unspecified atom stereocenters. The average molecular weight is 187 g/mol. The number of nitrogens with zero attached hydrogens (tertiary/aromatic N) is 1. The van der Waals surface area contributed by atoms with E-state index in [2.05, 4.69) is 4.18 Å². The highest BCUT2D eigenvalue weighted by atomic mass is 33.2. The number of nitriles is 1. The van der Waals surface area contributed by atoms with Gasteiger partial charge in [0.1, 0.15) is 0 Å². The lowest BCUT2D eigenvalue weighted by atomic mass is 11.6. The first-order valence-electron chi connectivity index (χ1n) is 1.61. The van der Waals surface area contributed by atoms with Crippen LogP contribution in [0.4, 0.5) is 0 Å². The zero-order valence-corrected chi connectivity index (χ0v) is 5.89. The molecule has 0 saturated heterocycles. The standard InChI is InChI=1S/CHNO6S2/c2-1-8-10(6,7)9(3,4)5/h(H,3,4,5). The van der Waals surface area contributed by atoms with Gasteiger partial charge >= 0.3 is 24.6 Å². The molecule has 0 amide bonds. The molecule has 0 aliphatic heterocycles.